The molecule has 2 aliphatic rings. The molecule has 1 aromatic rings. The molecule has 4 atom stereocenters. The lowest BCUT2D eigenvalue weighted by Crippen LogP contribution is -2.34. The van der Waals surface area contributed by atoms with Crippen LogP contribution in [-0.2, 0) is 16.1 Å². The van der Waals surface area contributed by atoms with Crippen molar-refractivity contribution in [1.82, 2.24) is 9.55 Å². The van der Waals surface area contributed by atoms with Crippen LogP contribution >= 0.6 is 0 Å². The molecular weight excluding hydrogens is 268 g/mol. The summed E-state index contributed by atoms with van der Waals surface area (Å²) in [4.78, 5) is 15.6. The Labute approximate surface area is 114 Å². The van der Waals surface area contributed by atoms with Crippen molar-refractivity contribution in [2.24, 2.45) is 0 Å². The quantitative estimate of drug-likeness (QED) is 0.715. The molecule has 1 saturated heterocycles. The Morgan fingerprint density at radius 1 is 1.55 bits per heavy atom. The smallest absolute Gasteiger partial charge is 0.302 e. The van der Waals surface area contributed by atoms with Crippen LogP contribution in [0.25, 0.3) is 0 Å². The van der Waals surface area contributed by atoms with Gasteiger partial charge >= 0.3 is 6.01 Å². The van der Waals surface area contributed by atoms with Crippen LogP contribution in [0.2, 0.25) is 0 Å². The van der Waals surface area contributed by atoms with E-state index >= 15 is 0 Å². The third-order valence-corrected chi connectivity index (χ3v) is 3.46. The molecule has 2 N–H and O–H groups in total. The lowest BCUT2D eigenvalue weighted by atomic mass is 10.1. The molecule has 0 spiro atoms. The van der Waals surface area contributed by atoms with Gasteiger partial charge in [0.1, 0.15) is 12.2 Å². The number of aliphatic hydroxyl groups excluding tert-OH is 2. The average molecular weight is 284 g/mol. The first-order valence-electron chi connectivity index (χ1n) is 6.46. The van der Waals surface area contributed by atoms with Crippen molar-refractivity contribution < 1.29 is 24.4 Å². The second-order valence-electron chi connectivity index (χ2n) is 4.72. The Morgan fingerprint density at radius 3 is 3.05 bits per heavy atom. The average Bonchev–Trinajstić information content (AvgIpc) is 2.93. The van der Waals surface area contributed by atoms with Crippen LogP contribution < -0.4 is 10.3 Å². The predicted octanol–water partition coefficient (Wildman–Crippen LogP) is -1.21. The third kappa shape index (κ3) is 2.01. The highest BCUT2D eigenvalue weighted by atomic mass is 16.6. The van der Waals surface area contributed by atoms with E-state index in [0.717, 1.165) is 0 Å². The largest absolute Gasteiger partial charge is 0.453 e. The monoisotopic (exact) mass is 284 g/mol. The fourth-order valence-electron chi connectivity index (χ4n) is 2.42. The minimum Gasteiger partial charge on any atom is -0.453 e. The topological polar surface area (TPSA) is 103 Å². The van der Waals surface area contributed by atoms with Crippen molar-refractivity contribution in [3.63, 3.8) is 0 Å². The minimum atomic E-state index is -0.961. The van der Waals surface area contributed by atoms with Crippen LogP contribution in [0.1, 0.15) is 18.7 Å². The highest BCUT2D eigenvalue weighted by Crippen LogP contribution is 2.38. The molecule has 8 heteroatoms. The van der Waals surface area contributed by atoms with E-state index in [1.54, 1.807) is 10.8 Å². The van der Waals surface area contributed by atoms with Gasteiger partial charge in [-0.2, -0.15) is 4.98 Å². The van der Waals surface area contributed by atoms with Gasteiger partial charge in [0.05, 0.1) is 18.8 Å². The van der Waals surface area contributed by atoms with Gasteiger partial charge in [-0.25, -0.2) is 0 Å². The number of aliphatic hydroxyl groups is 2. The van der Waals surface area contributed by atoms with E-state index in [4.69, 9.17) is 19.3 Å². The lowest BCUT2D eigenvalue weighted by molar-refractivity contribution is -0.0436. The van der Waals surface area contributed by atoms with Crippen molar-refractivity contribution in [3.05, 3.63) is 22.1 Å². The number of rotatable bonds is 4. The number of hydrogen-bond donors (Lipinski definition) is 2. The summed E-state index contributed by atoms with van der Waals surface area (Å²) in [6.07, 6.45) is -1.35. The van der Waals surface area contributed by atoms with E-state index < -0.39 is 30.1 Å². The Hall–Kier alpha value is -1.48. The van der Waals surface area contributed by atoms with E-state index in [0.29, 0.717) is 12.2 Å². The van der Waals surface area contributed by atoms with Crippen molar-refractivity contribution in [2.45, 2.75) is 38.1 Å². The lowest BCUT2D eigenvalue weighted by Gasteiger charge is -2.14. The number of nitrogens with zero attached hydrogens (tertiary/aromatic N) is 2. The molecule has 0 radical (unpaired) electrons. The Morgan fingerprint density at radius 2 is 2.35 bits per heavy atom. The first-order chi connectivity index (χ1) is 9.65. The number of ether oxygens (including phenoxy) is 3. The van der Waals surface area contributed by atoms with Crippen LogP contribution in [0.3, 0.4) is 0 Å². The van der Waals surface area contributed by atoms with Gasteiger partial charge in [0.15, 0.2) is 12.3 Å². The van der Waals surface area contributed by atoms with Gasteiger partial charge in [-0.05, 0) is 6.92 Å². The van der Waals surface area contributed by atoms with Gasteiger partial charge in [-0.1, -0.05) is 0 Å². The summed E-state index contributed by atoms with van der Waals surface area (Å²) in [6, 6.07) is 0.112. The molecule has 1 fully saturated rings. The van der Waals surface area contributed by atoms with Crippen LogP contribution in [0.5, 0.6) is 6.01 Å². The zero-order chi connectivity index (χ0) is 14.3. The molecule has 3 rings (SSSR count). The first-order valence-corrected chi connectivity index (χ1v) is 6.46. The highest BCUT2D eigenvalue weighted by molar-refractivity contribution is 5.16. The standard InChI is InChI=1S/C12H16N2O6/c1-2-18-5-6-3-14-11-9(8(16)7(4-15)19-11)20-12(14)13-10(6)17/h3,7-9,11,15-16H,2,4-5H2,1H3/t7-,8-,9+,11-/m1/s1. The molecule has 0 amide bonds. The minimum absolute atomic E-state index is 0.112. The zero-order valence-electron chi connectivity index (χ0n) is 10.9. The van der Waals surface area contributed by atoms with Crippen LogP contribution in [0.15, 0.2) is 11.0 Å². The molecule has 3 heterocycles. The molecule has 0 aromatic carbocycles. The van der Waals surface area contributed by atoms with Gasteiger partial charge in [0, 0.05) is 12.8 Å². The molecule has 1 aromatic heterocycles. The van der Waals surface area contributed by atoms with Crippen molar-refractivity contribution in [2.75, 3.05) is 13.2 Å². The van der Waals surface area contributed by atoms with Crippen molar-refractivity contribution in [1.29, 1.82) is 0 Å². The van der Waals surface area contributed by atoms with Gasteiger partial charge < -0.3 is 24.4 Å². The van der Waals surface area contributed by atoms with E-state index in [2.05, 4.69) is 4.98 Å². The fraction of sp³-hybridized carbons (Fsp3) is 0.667. The van der Waals surface area contributed by atoms with Crippen LogP contribution in [-0.4, -0.2) is 51.3 Å². The van der Waals surface area contributed by atoms with Crippen molar-refractivity contribution >= 4 is 0 Å². The molecular formula is C12H16N2O6. The third-order valence-electron chi connectivity index (χ3n) is 3.46. The summed E-state index contributed by atoms with van der Waals surface area (Å²) >= 11 is 0. The first kappa shape index (κ1) is 13.5. The zero-order valence-corrected chi connectivity index (χ0v) is 10.9. The van der Waals surface area contributed by atoms with E-state index in [1.807, 2.05) is 6.92 Å². The molecule has 2 aliphatic heterocycles. The van der Waals surface area contributed by atoms with Gasteiger partial charge in [0.25, 0.3) is 5.56 Å². The summed E-state index contributed by atoms with van der Waals surface area (Å²) in [5.41, 5.74) is -0.0248. The van der Waals surface area contributed by atoms with E-state index in [-0.39, 0.29) is 19.2 Å². The van der Waals surface area contributed by atoms with E-state index in [1.165, 1.54) is 0 Å². The van der Waals surface area contributed by atoms with Crippen molar-refractivity contribution in [3.8, 4) is 6.01 Å². The van der Waals surface area contributed by atoms with Gasteiger partial charge in [-0.15, -0.1) is 0 Å². The normalized spacial score (nSPS) is 30.9. The maximum atomic E-state index is 11.8. The number of aromatic nitrogens is 2. The summed E-state index contributed by atoms with van der Waals surface area (Å²) in [6.45, 7) is 2.18. The second-order valence-corrected chi connectivity index (χ2v) is 4.72. The predicted molar refractivity (Wildman–Crippen MR) is 65.2 cm³/mol. The Balaban J connectivity index is 1.91. The molecule has 0 saturated carbocycles. The Kier molecular flexibility index (Phi) is 3.47. The van der Waals surface area contributed by atoms with Gasteiger partial charge in [0.2, 0.25) is 0 Å². The van der Waals surface area contributed by atoms with Gasteiger partial charge in [-0.3, -0.25) is 9.36 Å². The Bertz CT molecular complexity index is 559. The maximum absolute atomic E-state index is 11.8. The molecule has 0 unspecified atom stereocenters. The maximum Gasteiger partial charge on any atom is 0.302 e. The molecule has 20 heavy (non-hydrogen) atoms. The number of hydrogen-bond acceptors (Lipinski definition) is 7. The highest BCUT2D eigenvalue weighted by Gasteiger charge is 2.51. The summed E-state index contributed by atoms with van der Waals surface area (Å²) in [5.74, 6) is 0. The molecule has 8 nitrogen and oxygen atoms in total. The second kappa shape index (κ2) is 5.13. The van der Waals surface area contributed by atoms with E-state index in [9.17, 15) is 9.90 Å². The van der Waals surface area contributed by atoms with Crippen LogP contribution in [0.4, 0.5) is 0 Å². The summed E-state index contributed by atoms with van der Waals surface area (Å²) in [7, 11) is 0. The molecule has 0 aliphatic carbocycles. The molecule has 110 valence electrons. The van der Waals surface area contributed by atoms with Crippen LogP contribution in [0, 0.1) is 0 Å². The fourth-order valence-corrected chi connectivity index (χ4v) is 2.42. The number of fused-ring (bicyclic) bond motifs is 3. The summed E-state index contributed by atoms with van der Waals surface area (Å²) in [5, 5.41) is 19.1. The SMILES string of the molecule is CCOCc1cn2c(nc1=O)O[C@H]1[C@H](O)[C@@H](CO)O[C@H]12. The molecule has 0 bridgehead atoms. The summed E-state index contributed by atoms with van der Waals surface area (Å²) < 4.78 is 17.7.